The summed E-state index contributed by atoms with van der Waals surface area (Å²) in [6.45, 7) is 0.565. The number of carboxylic acid groups (broad SMARTS) is 1. The van der Waals surface area contributed by atoms with Crippen molar-refractivity contribution in [2.24, 2.45) is 0 Å². The van der Waals surface area contributed by atoms with E-state index in [4.69, 9.17) is 16.6 Å². The molecule has 1 fully saturated rings. The molecule has 2 N–H and O–H groups in total. The van der Waals surface area contributed by atoms with E-state index < -0.39 is 5.97 Å². The van der Waals surface area contributed by atoms with Crippen molar-refractivity contribution in [3.8, 4) is 16.9 Å². The number of aromatic carboxylic acids is 1. The number of aromatic amines is 1. The molecule has 210 valence electrons. The molecule has 1 saturated heterocycles. The van der Waals surface area contributed by atoms with Crippen LogP contribution >= 0.6 is 11.6 Å². The van der Waals surface area contributed by atoms with Gasteiger partial charge >= 0.3 is 5.97 Å². The van der Waals surface area contributed by atoms with Gasteiger partial charge in [0.2, 0.25) is 5.91 Å². The van der Waals surface area contributed by atoms with Gasteiger partial charge < -0.3 is 15.0 Å². The summed E-state index contributed by atoms with van der Waals surface area (Å²) in [5, 5.41) is 21.2. The molecule has 10 nitrogen and oxygen atoms in total. The molecule has 1 aliphatic rings. The number of hydrogen-bond donors (Lipinski definition) is 2. The number of rotatable bonds is 7. The van der Waals surface area contributed by atoms with Crippen molar-refractivity contribution >= 4 is 29.6 Å². The van der Waals surface area contributed by atoms with Crippen molar-refractivity contribution in [3.05, 3.63) is 119 Å². The van der Waals surface area contributed by atoms with Gasteiger partial charge in [0.25, 0.3) is 0 Å². The highest BCUT2D eigenvalue weighted by Crippen LogP contribution is 2.42. The summed E-state index contributed by atoms with van der Waals surface area (Å²) in [5.41, 5.74) is 4.27. The van der Waals surface area contributed by atoms with Crippen molar-refractivity contribution in [1.82, 2.24) is 35.1 Å². The maximum atomic E-state index is 13.9. The van der Waals surface area contributed by atoms with Gasteiger partial charge in [-0.2, -0.15) is 4.68 Å². The second-order valence-corrected chi connectivity index (χ2v) is 10.4. The van der Waals surface area contributed by atoms with E-state index in [0.717, 1.165) is 29.7 Å². The molecule has 1 aliphatic heterocycles. The number of hydrogen-bond acceptors (Lipinski definition) is 6. The Labute approximate surface area is 246 Å². The number of amides is 1. The van der Waals surface area contributed by atoms with Crippen molar-refractivity contribution in [2.75, 3.05) is 6.54 Å². The molecule has 6 rings (SSSR count). The Morgan fingerprint density at radius 2 is 1.86 bits per heavy atom. The smallest absolute Gasteiger partial charge is 0.335 e. The number of piperidine rings is 1. The Morgan fingerprint density at radius 1 is 1.05 bits per heavy atom. The maximum absolute atomic E-state index is 13.9. The summed E-state index contributed by atoms with van der Waals surface area (Å²) in [6, 6.07) is 21.7. The molecule has 5 aromatic rings. The fourth-order valence-corrected chi connectivity index (χ4v) is 5.63. The number of tetrazole rings is 1. The molecule has 0 spiro atoms. The standard InChI is InChI=1S/C31H26ClN7O3/c32-24-13-14-27(39-19-34-36-37-39)23(17-24)12-15-28(40)38-16-4-7-25(20-5-2-1-3-6-20)29(38)30-33-18-26(35-30)21-8-10-22(11-9-21)31(41)42/h1-3,5-6,8-15,17-19,25,29H,4,7,16H2,(H,33,35)(H,41,42)/b15-12+. The van der Waals surface area contributed by atoms with Crippen molar-refractivity contribution < 1.29 is 14.7 Å². The summed E-state index contributed by atoms with van der Waals surface area (Å²) >= 11 is 6.28. The van der Waals surface area contributed by atoms with E-state index in [1.807, 2.05) is 23.1 Å². The average Bonchev–Trinajstić information content (AvgIpc) is 3.73. The monoisotopic (exact) mass is 579 g/mol. The van der Waals surface area contributed by atoms with E-state index in [2.05, 4.69) is 32.6 Å². The minimum atomic E-state index is -0.982. The van der Waals surface area contributed by atoms with Crippen LogP contribution in [0, 0.1) is 0 Å². The molecule has 3 heterocycles. The molecule has 0 aliphatic carbocycles. The van der Waals surface area contributed by atoms with Crippen molar-refractivity contribution in [1.29, 1.82) is 0 Å². The molecule has 0 saturated carbocycles. The molecular weight excluding hydrogens is 554 g/mol. The van der Waals surface area contributed by atoms with Gasteiger partial charge in [0.15, 0.2) is 0 Å². The van der Waals surface area contributed by atoms with Gasteiger partial charge in [-0.05, 0) is 70.8 Å². The van der Waals surface area contributed by atoms with Gasteiger partial charge in [0.05, 0.1) is 29.2 Å². The third-order valence-electron chi connectivity index (χ3n) is 7.45. The van der Waals surface area contributed by atoms with Crippen LogP contribution in [0.15, 0.2) is 91.4 Å². The number of halogens is 1. The van der Waals surface area contributed by atoms with Crippen LogP contribution in [-0.4, -0.2) is 58.6 Å². The van der Waals surface area contributed by atoms with E-state index in [1.165, 1.54) is 11.0 Å². The minimum Gasteiger partial charge on any atom is -0.478 e. The van der Waals surface area contributed by atoms with E-state index in [9.17, 15) is 14.7 Å². The Morgan fingerprint density at radius 3 is 2.60 bits per heavy atom. The zero-order chi connectivity index (χ0) is 29.1. The van der Waals surface area contributed by atoms with Gasteiger partial charge in [0.1, 0.15) is 12.2 Å². The number of imidazole rings is 1. The number of likely N-dealkylation sites (tertiary alicyclic amines) is 1. The average molecular weight is 580 g/mol. The summed E-state index contributed by atoms with van der Waals surface area (Å²) in [7, 11) is 0. The molecule has 2 atom stereocenters. The normalized spacial score (nSPS) is 17.0. The van der Waals surface area contributed by atoms with E-state index >= 15 is 0 Å². The third-order valence-corrected chi connectivity index (χ3v) is 7.69. The van der Waals surface area contributed by atoms with Crippen LogP contribution in [0.2, 0.25) is 5.02 Å². The minimum absolute atomic E-state index is 0.0219. The predicted octanol–water partition coefficient (Wildman–Crippen LogP) is 5.56. The molecule has 3 aromatic carbocycles. The van der Waals surface area contributed by atoms with Gasteiger partial charge in [-0.25, -0.2) is 9.78 Å². The van der Waals surface area contributed by atoms with Gasteiger partial charge in [0, 0.05) is 29.1 Å². The number of nitrogens with one attached hydrogen (secondary N) is 1. The number of aromatic nitrogens is 6. The third kappa shape index (κ3) is 5.57. The molecule has 11 heteroatoms. The lowest BCUT2D eigenvalue weighted by Crippen LogP contribution is -2.41. The highest BCUT2D eigenvalue weighted by Gasteiger charge is 2.37. The first-order valence-corrected chi connectivity index (χ1v) is 13.8. The van der Waals surface area contributed by atoms with Crippen LogP contribution in [0.4, 0.5) is 0 Å². The van der Waals surface area contributed by atoms with Crippen LogP contribution in [-0.2, 0) is 4.79 Å². The first-order chi connectivity index (χ1) is 20.5. The Hall–Kier alpha value is -5.09. The van der Waals surface area contributed by atoms with Gasteiger partial charge in [-0.15, -0.1) is 5.10 Å². The molecule has 1 amide bonds. The molecule has 0 bridgehead atoms. The number of H-pyrrole nitrogens is 1. The topological polar surface area (TPSA) is 130 Å². The first-order valence-electron chi connectivity index (χ1n) is 13.4. The lowest BCUT2D eigenvalue weighted by atomic mass is 9.83. The second-order valence-electron chi connectivity index (χ2n) is 9.99. The van der Waals surface area contributed by atoms with E-state index in [0.29, 0.717) is 28.6 Å². The molecule has 42 heavy (non-hydrogen) atoms. The highest BCUT2D eigenvalue weighted by molar-refractivity contribution is 6.30. The van der Waals surface area contributed by atoms with Crippen LogP contribution in [0.25, 0.3) is 23.0 Å². The number of carbonyl (C=O) groups excluding carboxylic acids is 1. The van der Waals surface area contributed by atoms with Gasteiger partial charge in [-0.3, -0.25) is 4.79 Å². The van der Waals surface area contributed by atoms with Crippen molar-refractivity contribution in [2.45, 2.75) is 24.8 Å². The van der Waals surface area contributed by atoms with E-state index in [1.54, 1.807) is 60.8 Å². The number of carbonyl (C=O) groups is 2. The number of nitrogens with zero attached hydrogens (tertiary/aromatic N) is 6. The summed E-state index contributed by atoms with van der Waals surface area (Å²) in [5.74, 6) is -0.453. The lowest BCUT2D eigenvalue weighted by Gasteiger charge is -2.40. The number of benzene rings is 3. The molecule has 2 unspecified atom stereocenters. The zero-order valence-corrected chi connectivity index (χ0v) is 23.1. The number of carboxylic acids is 1. The highest BCUT2D eigenvalue weighted by atomic mass is 35.5. The van der Waals surface area contributed by atoms with Crippen LogP contribution in [0.5, 0.6) is 0 Å². The quantitative estimate of drug-likeness (QED) is 0.241. The Kier molecular flexibility index (Phi) is 7.61. The predicted molar refractivity (Wildman–Crippen MR) is 157 cm³/mol. The summed E-state index contributed by atoms with van der Waals surface area (Å²) < 4.78 is 1.52. The van der Waals surface area contributed by atoms with Crippen LogP contribution in [0.1, 0.15) is 52.1 Å². The fraction of sp³-hybridized carbons (Fsp3) is 0.161. The van der Waals surface area contributed by atoms with Crippen LogP contribution in [0.3, 0.4) is 0 Å². The second kappa shape index (κ2) is 11.8. The lowest BCUT2D eigenvalue weighted by molar-refractivity contribution is -0.130. The van der Waals surface area contributed by atoms with Gasteiger partial charge in [-0.1, -0.05) is 54.1 Å². The summed E-state index contributed by atoms with van der Waals surface area (Å²) in [6.07, 6.45) is 8.22. The fourth-order valence-electron chi connectivity index (χ4n) is 5.45. The zero-order valence-electron chi connectivity index (χ0n) is 22.3. The molecule has 2 aromatic heterocycles. The maximum Gasteiger partial charge on any atom is 0.335 e. The first kappa shape index (κ1) is 27.1. The Balaban J connectivity index is 1.34. The molecule has 0 radical (unpaired) electrons. The SMILES string of the molecule is O=C(O)c1ccc(-c2cnc(C3C(c4ccccc4)CCCN3C(=O)/C=C/c3cc(Cl)ccc3-n3cnnn3)[nH]2)cc1. The van der Waals surface area contributed by atoms with E-state index in [-0.39, 0.29) is 23.4 Å². The Bertz CT molecular complexity index is 1730. The largest absolute Gasteiger partial charge is 0.478 e. The van der Waals surface area contributed by atoms with Crippen molar-refractivity contribution in [3.63, 3.8) is 0 Å². The van der Waals surface area contributed by atoms with Crippen LogP contribution < -0.4 is 0 Å². The molecular formula is C31H26ClN7O3. The summed E-state index contributed by atoms with van der Waals surface area (Å²) in [4.78, 5) is 35.1.